The molecule has 3 nitrogen and oxygen atoms in total. The van der Waals surface area contributed by atoms with Gasteiger partial charge in [0.15, 0.2) is 11.0 Å². The molecule has 1 heterocycles. The molecular formula is C15H14ClNO2S. The van der Waals surface area contributed by atoms with E-state index in [9.17, 15) is 4.21 Å². The summed E-state index contributed by atoms with van der Waals surface area (Å²) in [4.78, 5) is 0.863. The van der Waals surface area contributed by atoms with Crippen LogP contribution in [0.5, 0.6) is 5.75 Å². The summed E-state index contributed by atoms with van der Waals surface area (Å²) in [6.45, 7) is 2.54. The van der Waals surface area contributed by atoms with Crippen LogP contribution in [-0.2, 0) is 17.5 Å². The van der Waals surface area contributed by atoms with Crippen molar-refractivity contribution in [2.45, 2.75) is 18.4 Å². The first kappa shape index (κ1) is 13.5. The van der Waals surface area contributed by atoms with E-state index in [4.69, 9.17) is 16.3 Å². The summed E-state index contributed by atoms with van der Waals surface area (Å²) in [5.74, 6) is 0.641. The van der Waals surface area contributed by atoms with Crippen molar-refractivity contribution in [1.29, 1.82) is 0 Å². The second-order valence-corrected chi connectivity index (χ2v) is 6.45. The van der Waals surface area contributed by atoms with Crippen molar-refractivity contribution in [1.82, 2.24) is 0 Å². The third kappa shape index (κ3) is 2.09. The van der Waals surface area contributed by atoms with Crippen LogP contribution in [0.1, 0.15) is 11.1 Å². The van der Waals surface area contributed by atoms with Gasteiger partial charge in [-0.3, -0.25) is 4.31 Å². The van der Waals surface area contributed by atoms with E-state index in [-0.39, 0.29) is 0 Å². The molecule has 0 bridgehead atoms. The normalized spacial score (nSPS) is 17.1. The van der Waals surface area contributed by atoms with Crippen molar-refractivity contribution in [2.75, 3.05) is 11.4 Å². The zero-order chi connectivity index (χ0) is 14.3. The minimum atomic E-state index is -1.20. The van der Waals surface area contributed by atoms with Crippen LogP contribution in [0.4, 0.5) is 5.69 Å². The summed E-state index contributed by atoms with van der Waals surface area (Å²) in [6.07, 6.45) is 0. The highest BCUT2D eigenvalue weighted by Gasteiger charge is 2.29. The third-order valence-corrected chi connectivity index (χ3v) is 5.31. The zero-order valence-corrected chi connectivity index (χ0v) is 12.8. The third-order valence-electron chi connectivity index (χ3n) is 3.40. The molecule has 0 fully saturated rings. The molecule has 1 unspecified atom stereocenters. The van der Waals surface area contributed by atoms with Crippen LogP contribution < -0.4 is 9.04 Å². The number of benzene rings is 2. The number of hydrogen-bond donors (Lipinski definition) is 0. The van der Waals surface area contributed by atoms with Crippen molar-refractivity contribution in [2.24, 2.45) is 0 Å². The van der Waals surface area contributed by atoms with Crippen LogP contribution in [0.2, 0.25) is 5.02 Å². The fraction of sp³-hybridized carbons (Fsp3) is 0.200. The Morgan fingerprint density at radius 2 is 2.05 bits per heavy atom. The Bertz CT molecular complexity index is 702. The molecule has 0 spiro atoms. The van der Waals surface area contributed by atoms with E-state index in [0.717, 1.165) is 21.7 Å². The lowest BCUT2D eigenvalue weighted by Gasteiger charge is -2.20. The minimum Gasteiger partial charge on any atom is -0.494 e. The van der Waals surface area contributed by atoms with Gasteiger partial charge in [-0.15, -0.1) is 0 Å². The van der Waals surface area contributed by atoms with Gasteiger partial charge in [0.2, 0.25) is 0 Å². The molecule has 0 aromatic heterocycles. The number of aryl methyl sites for hydroxylation is 1. The standard InChI is InChI=1S/C15H14ClNO2S/c1-10-7-13(14(19-2)8-12(10)16)17-9-11-5-3-4-6-15(11)20(17)18/h3-8H,9H2,1-2H3. The quantitative estimate of drug-likeness (QED) is 0.846. The molecule has 0 amide bonds. The lowest BCUT2D eigenvalue weighted by molar-refractivity contribution is 0.415. The molecule has 0 radical (unpaired) electrons. The number of anilines is 1. The van der Waals surface area contributed by atoms with Gasteiger partial charge in [0.25, 0.3) is 0 Å². The number of halogens is 1. The SMILES string of the molecule is COc1cc(Cl)c(C)cc1N1Cc2ccccc2S1=O. The molecule has 1 aliphatic rings. The highest BCUT2D eigenvalue weighted by molar-refractivity contribution is 7.86. The van der Waals surface area contributed by atoms with Gasteiger partial charge in [-0.25, -0.2) is 4.21 Å². The summed E-state index contributed by atoms with van der Waals surface area (Å²) in [5, 5.41) is 0.646. The molecule has 1 aliphatic heterocycles. The Morgan fingerprint density at radius 3 is 2.75 bits per heavy atom. The van der Waals surface area contributed by atoms with Gasteiger partial charge in [-0.1, -0.05) is 29.8 Å². The molecule has 0 N–H and O–H groups in total. The molecule has 104 valence electrons. The fourth-order valence-electron chi connectivity index (χ4n) is 2.32. The molecule has 0 aliphatic carbocycles. The van der Waals surface area contributed by atoms with Crippen molar-refractivity contribution < 1.29 is 8.95 Å². The molecule has 0 saturated heterocycles. The zero-order valence-electron chi connectivity index (χ0n) is 11.2. The maximum atomic E-state index is 12.6. The molecule has 1 atom stereocenters. The van der Waals surface area contributed by atoms with Gasteiger partial charge in [0, 0.05) is 11.1 Å². The number of nitrogens with zero attached hydrogens (tertiary/aromatic N) is 1. The Labute approximate surface area is 125 Å². The smallest absolute Gasteiger partial charge is 0.153 e. The highest BCUT2D eigenvalue weighted by Crippen LogP contribution is 2.39. The van der Waals surface area contributed by atoms with Gasteiger partial charge < -0.3 is 4.74 Å². The number of fused-ring (bicyclic) bond motifs is 1. The van der Waals surface area contributed by atoms with Crippen molar-refractivity contribution in [3.05, 3.63) is 52.5 Å². The second-order valence-electron chi connectivity index (χ2n) is 4.67. The van der Waals surface area contributed by atoms with E-state index in [2.05, 4.69) is 0 Å². The molecular weight excluding hydrogens is 294 g/mol. The fourth-order valence-corrected chi connectivity index (χ4v) is 3.84. The first-order chi connectivity index (χ1) is 9.61. The van der Waals surface area contributed by atoms with Crippen LogP contribution in [0.3, 0.4) is 0 Å². The largest absolute Gasteiger partial charge is 0.494 e. The second kappa shape index (κ2) is 5.11. The van der Waals surface area contributed by atoms with Crippen LogP contribution in [0.15, 0.2) is 41.3 Å². The first-order valence-corrected chi connectivity index (χ1v) is 7.71. The average Bonchev–Trinajstić information content (AvgIpc) is 2.79. The maximum absolute atomic E-state index is 12.6. The van der Waals surface area contributed by atoms with Gasteiger partial charge in [-0.05, 0) is 30.2 Å². The van der Waals surface area contributed by atoms with E-state index in [1.165, 1.54) is 0 Å². The molecule has 2 aromatic carbocycles. The summed E-state index contributed by atoms with van der Waals surface area (Å²) in [5.41, 5.74) is 2.83. The lowest BCUT2D eigenvalue weighted by Crippen LogP contribution is -2.19. The van der Waals surface area contributed by atoms with Crippen molar-refractivity contribution in [3.8, 4) is 5.75 Å². The van der Waals surface area contributed by atoms with Crippen molar-refractivity contribution >= 4 is 28.3 Å². The van der Waals surface area contributed by atoms with Crippen molar-refractivity contribution in [3.63, 3.8) is 0 Å². The monoisotopic (exact) mass is 307 g/mol. The Balaban J connectivity index is 2.08. The van der Waals surface area contributed by atoms with E-state index >= 15 is 0 Å². The minimum absolute atomic E-state index is 0.611. The molecule has 3 rings (SSSR count). The lowest BCUT2D eigenvalue weighted by atomic mass is 10.2. The van der Waals surface area contributed by atoms with Crippen LogP contribution in [0, 0.1) is 6.92 Å². The first-order valence-electron chi connectivity index (χ1n) is 6.23. The van der Waals surface area contributed by atoms with Gasteiger partial charge in [0.1, 0.15) is 5.75 Å². The predicted octanol–water partition coefficient (Wildman–Crippen LogP) is 3.70. The number of hydrogen-bond acceptors (Lipinski definition) is 2. The van der Waals surface area contributed by atoms with E-state index in [1.54, 1.807) is 13.2 Å². The van der Waals surface area contributed by atoms with Gasteiger partial charge in [0.05, 0.1) is 24.2 Å². The topological polar surface area (TPSA) is 29.5 Å². The molecule has 5 heteroatoms. The predicted molar refractivity (Wildman–Crippen MR) is 81.8 cm³/mol. The van der Waals surface area contributed by atoms with E-state index in [1.807, 2.05) is 41.6 Å². The van der Waals surface area contributed by atoms with Gasteiger partial charge >= 0.3 is 0 Å². The molecule has 2 aromatic rings. The number of ether oxygens (including phenoxy) is 1. The van der Waals surface area contributed by atoms with Crippen LogP contribution in [0.25, 0.3) is 0 Å². The maximum Gasteiger partial charge on any atom is 0.153 e. The highest BCUT2D eigenvalue weighted by atomic mass is 35.5. The summed E-state index contributed by atoms with van der Waals surface area (Å²) in [6, 6.07) is 11.5. The summed E-state index contributed by atoms with van der Waals surface area (Å²) in [7, 11) is 0.391. The number of methoxy groups -OCH3 is 1. The van der Waals surface area contributed by atoms with Gasteiger partial charge in [-0.2, -0.15) is 0 Å². The van der Waals surface area contributed by atoms with E-state index in [0.29, 0.717) is 17.3 Å². The molecule has 0 saturated carbocycles. The Hall–Kier alpha value is -1.52. The Kier molecular flexibility index (Phi) is 3.44. The summed E-state index contributed by atoms with van der Waals surface area (Å²) >= 11 is 6.12. The van der Waals surface area contributed by atoms with Crippen LogP contribution >= 0.6 is 11.6 Å². The molecule has 20 heavy (non-hydrogen) atoms. The van der Waals surface area contributed by atoms with E-state index < -0.39 is 11.0 Å². The summed E-state index contributed by atoms with van der Waals surface area (Å²) < 4.78 is 19.8. The average molecular weight is 308 g/mol. The Morgan fingerprint density at radius 1 is 1.30 bits per heavy atom. The van der Waals surface area contributed by atoms with Crippen LogP contribution in [-0.4, -0.2) is 11.3 Å². The number of rotatable bonds is 2.